The lowest BCUT2D eigenvalue weighted by Gasteiger charge is -2.03. The van der Waals surface area contributed by atoms with Crippen LogP contribution in [-0.2, 0) is 0 Å². The van der Waals surface area contributed by atoms with Gasteiger partial charge in [-0.1, -0.05) is 29.8 Å². The summed E-state index contributed by atoms with van der Waals surface area (Å²) < 4.78 is 1.71. The number of aromatic nitrogens is 4. The molecule has 7 heteroatoms. The van der Waals surface area contributed by atoms with Crippen molar-refractivity contribution in [3.8, 4) is 5.69 Å². The molecule has 0 fully saturated rings. The largest absolute Gasteiger partial charge is 0.304 e. The SMILES string of the molecule is Cc1cc(C(=O)Nc2ccc(Cl)nn2)nn1-c1ccccc1. The van der Waals surface area contributed by atoms with Crippen LogP contribution in [0.1, 0.15) is 16.2 Å². The minimum atomic E-state index is -0.352. The van der Waals surface area contributed by atoms with Gasteiger partial charge in [0, 0.05) is 5.69 Å². The summed E-state index contributed by atoms with van der Waals surface area (Å²) in [5.74, 6) is -0.0317. The van der Waals surface area contributed by atoms with Gasteiger partial charge in [-0.2, -0.15) is 5.10 Å². The number of carbonyl (C=O) groups excluding carboxylic acids is 1. The zero-order valence-electron chi connectivity index (χ0n) is 11.7. The van der Waals surface area contributed by atoms with Gasteiger partial charge in [0.1, 0.15) is 0 Å². The summed E-state index contributed by atoms with van der Waals surface area (Å²) in [5, 5.41) is 14.7. The van der Waals surface area contributed by atoms with Gasteiger partial charge in [-0.25, -0.2) is 4.68 Å². The average Bonchev–Trinajstić information content (AvgIpc) is 2.92. The maximum Gasteiger partial charge on any atom is 0.277 e. The van der Waals surface area contributed by atoms with E-state index < -0.39 is 0 Å². The van der Waals surface area contributed by atoms with Gasteiger partial charge in [-0.15, -0.1) is 10.2 Å². The molecule has 0 aliphatic rings. The van der Waals surface area contributed by atoms with Gasteiger partial charge in [0.25, 0.3) is 5.91 Å². The number of nitrogens with zero attached hydrogens (tertiary/aromatic N) is 4. The summed E-state index contributed by atoms with van der Waals surface area (Å²) in [5.41, 5.74) is 2.06. The number of benzene rings is 1. The molecule has 2 heterocycles. The van der Waals surface area contributed by atoms with Crippen LogP contribution in [0.4, 0.5) is 5.82 Å². The Labute approximate surface area is 131 Å². The number of hydrogen-bond acceptors (Lipinski definition) is 4. The Morgan fingerprint density at radius 3 is 2.59 bits per heavy atom. The highest BCUT2D eigenvalue weighted by molar-refractivity contribution is 6.29. The van der Waals surface area contributed by atoms with Crippen molar-refractivity contribution in [1.82, 2.24) is 20.0 Å². The number of nitrogens with one attached hydrogen (secondary N) is 1. The van der Waals surface area contributed by atoms with Crippen molar-refractivity contribution >= 4 is 23.3 Å². The Morgan fingerprint density at radius 2 is 1.91 bits per heavy atom. The highest BCUT2D eigenvalue weighted by Crippen LogP contribution is 2.13. The van der Waals surface area contributed by atoms with Crippen molar-refractivity contribution in [3.05, 3.63) is 65.1 Å². The molecule has 0 bridgehead atoms. The van der Waals surface area contributed by atoms with E-state index in [0.29, 0.717) is 11.5 Å². The van der Waals surface area contributed by atoms with E-state index in [2.05, 4.69) is 20.6 Å². The second-order valence-corrected chi connectivity index (χ2v) is 5.00. The van der Waals surface area contributed by atoms with E-state index in [0.717, 1.165) is 11.4 Å². The Hall–Kier alpha value is -2.73. The van der Waals surface area contributed by atoms with Crippen LogP contribution in [0.25, 0.3) is 5.69 Å². The molecule has 0 spiro atoms. The minimum absolute atomic E-state index is 0.266. The van der Waals surface area contributed by atoms with E-state index >= 15 is 0 Å². The molecule has 1 amide bonds. The van der Waals surface area contributed by atoms with Crippen LogP contribution in [0.15, 0.2) is 48.5 Å². The summed E-state index contributed by atoms with van der Waals surface area (Å²) in [4.78, 5) is 12.2. The summed E-state index contributed by atoms with van der Waals surface area (Å²) in [6.45, 7) is 1.89. The van der Waals surface area contributed by atoms with Crippen molar-refractivity contribution in [3.63, 3.8) is 0 Å². The van der Waals surface area contributed by atoms with Crippen LogP contribution in [-0.4, -0.2) is 25.9 Å². The molecule has 0 saturated heterocycles. The van der Waals surface area contributed by atoms with Crippen LogP contribution < -0.4 is 5.32 Å². The molecule has 3 aromatic rings. The van der Waals surface area contributed by atoms with Crippen molar-refractivity contribution in [2.45, 2.75) is 6.92 Å². The molecule has 22 heavy (non-hydrogen) atoms. The number of hydrogen-bond donors (Lipinski definition) is 1. The summed E-state index contributed by atoms with van der Waals surface area (Å²) in [7, 11) is 0. The molecule has 0 aliphatic heterocycles. The minimum Gasteiger partial charge on any atom is -0.304 e. The monoisotopic (exact) mass is 313 g/mol. The van der Waals surface area contributed by atoms with Crippen molar-refractivity contribution in [1.29, 1.82) is 0 Å². The molecule has 2 aromatic heterocycles. The van der Waals surface area contributed by atoms with Gasteiger partial charge in [-0.3, -0.25) is 4.79 Å². The third-order valence-electron chi connectivity index (χ3n) is 2.99. The van der Waals surface area contributed by atoms with Gasteiger partial charge < -0.3 is 5.32 Å². The molecule has 0 unspecified atom stereocenters. The topological polar surface area (TPSA) is 72.7 Å². The number of halogens is 1. The molecule has 0 radical (unpaired) electrons. The van der Waals surface area contributed by atoms with Crippen molar-refractivity contribution in [2.75, 3.05) is 5.32 Å². The predicted molar refractivity (Wildman–Crippen MR) is 83.3 cm³/mol. The number of carbonyl (C=O) groups is 1. The zero-order valence-corrected chi connectivity index (χ0v) is 12.4. The predicted octanol–water partition coefficient (Wildman–Crippen LogP) is 2.88. The number of aryl methyl sites for hydroxylation is 1. The van der Waals surface area contributed by atoms with E-state index in [4.69, 9.17) is 11.6 Å². The van der Waals surface area contributed by atoms with Crippen molar-refractivity contribution in [2.24, 2.45) is 0 Å². The van der Waals surface area contributed by atoms with Crippen LogP contribution in [0, 0.1) is 6.92 Å². The van der Waals surface area contributed by atoms with Gasteiger partial charge in [-0.05, 0) is 37.3 Å². The molecular weight excluding hydrogens is 302 g/mol. The molecule has 1 aromatic carbocycles. The first-order valence-electron chi connectivity index (χ1n) is 6.56. The molecule has 6 nitrogen and oxygen atoms in total. The maximum absolute atomic E-state index is 12.2. The molecule has 3 rings (SSSR count). The summed E-state index contributed by atoms with van der Waals surface area (Å²) >= 11 is 5.66. The fourth-order valence-electron chi connectivity index (χ4n) is 1.98. The van der Waals surface area contributed by atoms with E-state index in [1.165, 1.54) is 0 Å². The Kier molecular flexibility index (Phi) is 3.84. The normalized spacial score (nSPS) is 10.5. The number of rotatable bonds is 3. The zero-order chi connectivity index (χ0) is 15.5. The Balaban J connectivity index is 1.83. The Bertz CT molecular complexity index is 799. The molecule has 110 valence electrons. The second kappa shape index (κ2) is 5.95. The fraction of sp³-hybridized carbons (Fsp3) is 0.0667. The average molecular weight is 314 g/mol. The van der Waals surface area contributed by atoms with E-state index in [9.17, 15) is 4.79 Å². The molecule has 0 aliphatic carbocycles. The molecule has 1 N–H and O–H groups in total. The summed E-state index contributed by atoms with van der Waals surface area (Å²) in [6, 6.07) is 14.4. The third-order valence-corrected chi connectivity index (χ3v) is 3.20. The summed E-state index contributed by atoms with van der Waals surface area (Å²) in [6.07, 6.45) is 0. The van der Waals surface area contributed by atoms with Gasteiger partial charge in [0.05, 0.1) is 5.69 Å². The first-order valence-corrected chi connectivity index (χ1v) is 6.94. The standard InChI is InChI=1S/C15H12ClN5O/c1-10-9-12(20-21(10)11-5-3-2-4-6-11)15(22)17-14-8-7-13(16)18-19-14/h2-9H,1H3,(H,17,19,22). The fourth-order valence-corrected chi connectivity index (χ4v) is 2.08. The molecule has 0 atom stereocenters. The molecule has 0 saturated carbocycles. The number of para-hydroxylation sites is 1. The van der Waals surface area contributed by atoms with E-state index in [1.807, 2.05) is 37.3 Å². The van der Waals surface area contributed by atoms with Gasteiger partial charge in [0.15, 0.2) is 16.7 Å². The van der Waals surface area contributed by atoms with Crippen LogP contribution >= 0.6 is 11.6 Å². The quantitative estimate of drug-likeness (QED) is 0.807. The van der Waals surface area contributed by atoms with Gasteiger partial charge in [0.2, 0.25) is 0 Å². The second-order valence-electron chi connectivity index (χ2n) is 4.61. The first kappa shape index (κ1) is 14.2. The highest BCUT2D eigenvalue weighted by Gasteiger charge is 2.14. The first-order chi connectivity index (χ1) is 10.6. The lowest BCUT2D eigenvalue weighted by Crippen LogP contribution is -2.14. The maximum atomic E-state index is 12.2. The molecular formula is C15H12ClN5O. The van der Waals surface area contributed by atoms with Crippen LogP contribution in [0.3, 0.4) is 0 Å². The van der Waals surface area contributed by atoms with E-state index in [-0.39, 0.29) is 11.1 Å². The van der Waals surface area contributed by atoms with E-state index in [1.54, 1.807) is 22.9 Å². The lowest BCUT2D eigenvalue weighted by molar-refractivity contribution is 0.102. The number of amides is 1. The Morgan fingerprint density at radius 1 is 1.14 bits per heavy atom. The van der Waals surface area contributed by atoms with Crippen LogP contribution in [0.2, 0.25) is 5.15 Å². The van der Waals surface area contributed by atoms with Crippen LogP contribution in [0.5, 0.6) is 0 Å². The highest BCUT2D eigenvalue weighted by atomic mass is 35.5. The smallest absolute Gasteiger partial charge is 0.277 e. The third kappa shape index (κ3) is 2.96. The van der Waals surface area contributed by atoms with Crippen molar-refractivity contribution < 1.29 is 4.79 Å². The van der Waals surface area contributed by atoms with Gasteiger partial charge >= 0.3 is 0 Å². The number of anilines is 1. The lowest BCUT2D eigenvalue weighted by atomic mass is 10.3.